The maximum Gasteiger partial charge on any atom is 0.165 e. The molecular formula is C12H15FO2. The smallest absolute Gasteiger partial charge is 0.165 e. The lowest BCUT2D eigenvalue weighted by molar-refractivity contribution is 0.0939. The number of Topliss-reactive ketones (excluding diaryl/α,β-unsaturated/α-hetero) is 1. The normalized spacial score (nSPS) is 10.4. The molecule has 1 rings (SSSR count). The average Bonchev–Trinajstić information content (AvgIpc) is 2.26. The van der Waals surface area contributed by atoms with Crippen molar-refractivity contribution in [3.05, 3.63) is 29.8 Å². The number of carbonyl (C=O) groups excluding carboxylic acids is 1. The van der Waals surface area contributed by atoms with Crippen LogP contribution in [0, 0.1) is 5.92 Å². The summed E-state index contributed by atoms with van der Waals surface area (Å²) < 4.78 is 16.9. The standard InChI is InChI=1S/C12H15FO2/c1-9(2)12(14)10-3-5-11(6-4-10)15-8-7-13/h3-6,9H,7-8H2,1-2H3. The number of carbonyl (C=O) groups is 1. The summed E-state index contributed by atoms with van der Waals surface area (Å²) in [6, 6.07) is 6.78. The van der Waals surface area contributed by atoms with Crippen molar-refractivity contribution in [1.82, 2.24) is 0 Å². The Morgan fingerprint density at radius 1 is 1.33 bits per heavy atom. The minimum atomic E-state index is -0.507. The molecule has 0 bridgehead atoms. The lowest BCUT2D eigenvalue weighted by atomic mass is 10.0. The Labute approximate surface area is 89.1 Å². The number of rotatable bonds is 5. The van der Waals surface area contributed by atoms with Gasteiger partial charge >= 0.3 is 0 Å². The van der Waals surface area contributed by atoms with Crippen molar-refractivity contribution in [3.63, 3.8) is 0 Å². The van der Waals surface area contributed by atoms with E-state index in [1.54, 1.807) is 24.3 Å². The summed E-state index contributed by atoms with van der Waals surface area (Å²) in [6.07, 6.45) is 0. The first-order valence-corrected chi connectivity index (χ1v) is 4.98. The molecule has 0 saturated heterocycles. The third kappa shape index (κ3) is 3.35. The Hall–Kier alpha value is -1.38. The van der Waals surface area contributed by atoms with Crippen LogP contribution >= 0.6 is 0 Å². The van der Waals surface area contributed by atoms with Crippen molar-refractivity contribution in [2.24, 2.45) is 5.92 Å². The van der Waals surface area contributed by atoms with E-state index < -0.39 is 6.67 Å². The second-order valence-corrected chi connectivity index (χ2v) is 3.58. The zero-order chi connectivity index (χ0) is 11.3. The van der Waals surface area contributed by atoms with Crippen LogP contribution in [0.25, 0.3) is 0 Å². The van der Waals surface area contributed by atoms with Gasteiger partial charge in [-0.05, 0) is 24.3 Å². The van der Waals surface area contributed by atoms with E-state index in [2.05, 4.69) is 0 Å². The lowest BCUT2D eigenvalue weighted by Gasteiger charge is -2.06. The highest BCUT2D eigenvalue weighted by molar-refractivity contribution is 5.97. The van der Waals surface area contributed by atoms with Gasteiger partial charge in [-0.15, -0.1) is 0 Å². The van der Waals surface area contributed by atoms with E-state index >= 15 is 0 Å². The number of hydrogen-bond acceptors (Lipinski definition) is 2. The Morgan fingerprint density at radius 3 is 2.40 bits per heavy atom. The van der Waals surface area contributed by atoms with Crippen LogP contribution < -0.4 is 4.74 Å². The van der Waals surface area contributed by atoms with Crippen molar-refractivity contribution in [2.45, 2.75) is 13.8 Å². The van der Waals surface area contributed by atoms with E-state index in [0.29, 0.717) is 11.3 Å². The molecule has 0 heterocycles. The van der Waals surface area contributed by atoms with E-state index in [4.69, 9.17) is 4.74 Å². The highest BCUT2D eigenvalue weighted by Gasteiger charge is 2.09. The molecule has 82 valence electrons. The summed E-state index contributed by atoms with van der Waals surface area (Å²) in [5, 5.41) is 0. The minimum Gasteiger partial charge on any atom is -0.491 e. The van der Waals surface area contributed by atoms with Crippen molar-refractivity contribution >= 4 is 5.78 Å². The van der Waals surface area contributed by atoms with Crippen molar-refractivity contribution in [2.75, 3.05) is 13.3 Å². The molecule has 15 heavy (non-hydrogen) atoms. The highest BCUT2D eigenvalue weighted by atomic mass is 19.1. The molecule has 0 aliphatic rings. The van der Waals surface area contributed by atoms with Gasteiger partial charge < -0.3 is 4.74 Å². The van der Waals surface area contributed by atoms with Gasteiger partial charge in [-0.3, -0.25) is 4.79 Å². The molecule has 0 spiro atoms. The second-order valence-electron chi connectivity index (χ2n) is 3.58. The summed E-state index contributed by atoms with van der Waals surface area (Å²) in [5.41, 5.74) is 0.664. The molecular weight excluding hydrogens is 195 g/mol. The maximum atomic E-state index is 11.8. The van der Waals surface area contributed by atoms with Gasteiger partial charge in [0.25, 0.3) is 0 Å². The minimum absolute atomic E-state index is 0.0115. The summed E-state index contributed by atoms with van der Waals surface area (Å²) in [7, 11) is 0. The fourth-order valence-electron chi connectivity index (χ4n) is 1.21. The number of benzene rings is 1. The second kappa shape index (κ2) is 5.49. The maximum absolute atomic E-state index is 11.8. The van der Waals surface area contributed by atoms with E-state index in [-0.39, 0.29) is 18.3 Å². The molecule has 0 aliphatic heterocycles. The zero-order valence-electron chi connectivity index (χ0n) is 9.00. The third-order valence-corrected chi connectivity index (χ3v) is 2.01. The van der Waals surface area contributed by atoms with Gasteiger partial charge in [0.2, 0.25) is 0 Å². The van der Waals surface area contributed by atoms with Crippen LogP contribution in [0.1, 0.15) is 24.2 Å². The van der Waals surface area contributed by atoms with E-state index in [9.17, 15) is 9.18 Å². The Balaban J connectivity index is 2.68. The van der Waals surface area contributed by atoms with Gasteiger partial charge in [-0.2, -0.15) is 0 Å². The predicted molar refractivity (Wildman–Crippen MR) is 57.1 cm³/mol. The first-order valence-electron chi connectivity index (χ1n) is 4.98. The van der Waals surface area contributed by atoms with Gasteiger partial charge in [0.15, 0.2) is 5.78 Å². The summed E-state index contributed by atoms with van der Waals surface area (Å²) in [6.45, 7) is 3.26. The quantitative estimate of drug-likeness (QED) is 0.698. The van der Waals surface area contributed by atoms with Crippen LogP contribution in [-0.2, 0) is 0 Å². The van der Waals surface area contributed by atoms with E-state index in [1.165, 1.54) is 0 Å². The molecule has 0 atom stereocenters. The number of halogens is 1. The molecule has 0 aliphatic carbocycles. The molecule has 0 N–H and O–H groups in total. The molecule has 0 radical (unpaired) electrons. The molecule has 2 nitrogen and oxygen atoms in total. The summed E-state index contributed by atoms with van der Waals surface area (Å²) in [5.74, 6) is 0.683. The van der Waals surface area contributed by atoms with Crippen molar-refractivity contribution in [1.29, 1.82) is 0 Å². The lowest BCUT2D eigenvalue weighted by Crippen LogP contribution is -2.07. The van der Waals surface area contributed by atoms with Gasteiger partial charge in [-0.1, -0.05) is 13.8 Å². The number of alkyl halides is 1. The van der Waals surface area contributed by atoms with Crippen LogP contribution in [0.3, 0.4) is 0 Å². The average molecular weight is 210 g/mol. The van der Waals surface area contributed by atoms with Crippen LogP contribution in [0.15, 0.2) is 24.3 Å². The molecule has 0 amide bonds. The summed E-state index contributed by atoms with van der Waals surface area (Å²) >= 11 is 0. The first kappa shape index (κ1) is 11.7. The van der Waals surface area contributed by atoms with Crippen LogP contribution in [-0.4, -0.2) is 19.1 Å². The van der Waals surface area contributed by atoms with Crippen molar-refractivity contribution in [3.8, 4) is 5.75 Å². The third-order valence-electron chi connectivity index (χ3n) is 2.01. The fraction of sp³-hybridized carbons (Fsp3) is 0.417. The Kier molecular flexibility index (Phi) is 4.28. The molecule has 0 aromatic heterocycles. The molecule has 0 unspecified atom stereocenters. The van der Waals surface area contributed by atoms with Crippen LogP contribution in [0.4, 0.5) is 4.39 Å². The van der Waals surface area contributed by atoms with Gasteiger partial charge in [0.1, 0.15) is 19.0 Å². The molecule has 3 heteroatoms. The van der Waals surface area contributed by atoms with Crippen molar-refractivity contribution < 1.29 is 13.9 Å². The predicted octanol–water partition coefficient (Wildman–Crippen LogP) is 2.87. The first-order chi connectivity index (χ1) is 7.15. The fourth-order valence-corrected chi connectivity index (χ4v) is 1.21. The monoisotopic (exact) mass is 210 g/mol. The number of ether oxygens (including phenoxy) is 1. The van der Waals surface area contributed by atoms with E-state index in [1.807, 2.05) is 13.8 Å². The van der Waals surface area contributed by atoms with Gasteiger partial charge in [0.05, 0.1) is 0 Å². The SMILES string of the molecule is CC(C)C(=O)c1ccc(OCCF)cc1. The molecule has 0 fully saturated rings. The highest BCUT2D eigenvalue weighted by Crippen LogP contribution is 2.14. The van der Waals surface area contributed by atoms with Crippen LogP contribution in [0.2, 0.25) is 0 Å². The molecule has 1 aromatic carbocycles. The Bertz CT molecular complexity index is 317. The zero-order valence-corrected chi connectivity index (χ0v) is 9.00. The Morgan fingerprint density at radius 2 is 1.93 bits per heavy atom. The van der Waals surface area contributed by atoms with Gasteiger partial charge in [0, 0.05) is 11.5 Å². The molecule has 1 aromatic rings. The van der Waals surface area contributed by atoms with E-state index in [0.717, 1.165) is 0 Å². The molecule has 0 saturated carbocycles. The largest absolute Gasteiger partial charge is 0.491 e. The number of ketones is 1. The number of hydrogen-bond donors (Lipinski definition) is 0. The van der Waals surface area contributed by atoms with Gasteiger partial charge in [-0.25, -0.2) is 4.39 Å². The van der Waals surface area contributed by atoms with Crippen LogP contribution in [0.5, 0.6) is 5.75 Å². The topological polar surface area (TPSA) is 26.3 Å². The summed E-state index contributed by atoms with van der Waals surface area (Å²) in [4.78, 5) is 11.6.